The third-order valence-electron chi connectivity index (χ3n) is 1.94. The summed E-state index contributed by atoms with van der Waals surface area (Å²) in [4.78, 5) is 4.36. The quantitative estimate of drug-likeness (QED) is 0.764. The molecule has 0 radical (unpaired) electrons. The van der Waals surface area contributed by atoms with Gasteiger partial charge in [0.05, 0.1) is 12.1 Å². The number of hydrogen-bond donors (Lipinski definition) is 0. The average molecular weight is 252 g/mol. The fraction of sp³-hybridized carbons (Fsp3) is 0.182. The third-order valence-corrected chi connectivity index (χ3v) is 2.38. The highest BCUT2D eigenvalue weighted by molar-refractivity contribution is 9.10. The average Bonchev–Trinajstić information content (AvgIpc) is 2.17. The minimum Gasteiger partial charge on any atom is -0.494 e. The van der Waals surface area contributed by atoms with E-state index < -0.39 is 0 Å². The Morgan fingerprint density at radius 2 is 2.07 bits per heavy atom. The minimum absolute atomic E-state index is 0.680. The van der Waals surface area contributed by atoms with Crippen LogP contribution in [-0.2, 0) is 0 Å². The first kappa shape index (κ1) is 9.46. The summed E-state index contributed by atoms with van der Waals surface area (Å²) in [5.74, 6) is 0.866. The molecule has 2 aromatic rings. The molecule has 2 rings (SSSR count). The van der Waals surface area contributed by atoms with Crippen molar-refractivity contribution in [3.8, 4) is 5.75 Å². The van der Waals surface area contributed by atoms with Crippen molar-refractivity contribution in [2.75, 3.05) is 6.61 Å². The van der Waals surface area contributed by atoms with E-state index in [0.29, 0.717) is 6.61 Å². The Morgan fingerprint density at radius 3 is 2.86 bits per heavy atom. The van der Waals surface area contributed by atoms with Gasteiger partial charge < -0.3 is 4.74 Å². The van der Waals surface area contributed by atoms with E-state index >= 15 is 0 Å². The van der Waals surface area contributed by atoms with Gasteiger partial charge in [-0.15, -0.1) is 0 Å². The van der Waals surface area contributed by atoms with Crippen LogP contribution in [-0.4, -0.2) is 11.6 Å². The van der Waals surface area contributed by atoms with Gasteiger partial charge in [0.1, 0.15) is 10.4 Å². The topological polar surface area (TPSA) is 22.1 Å². The summed E-state index contributed by atoms with van der Waals surface area (Å²) in [7, 11) is 0. The maximum atomic E-state index is 5.40. The van der Waals surface area contributed by atoms with Crippen molar-refractivity contribution < 1.29 is 4.74 Å². The van der Waals surface area contributed by atoms with Gasteiger partial charge in [0.25, 0.3) is 0 Å². The number of ether oxygens (including phenoxy) is 1. The molecule has 0 saturated heterocycles. The summed E-state index contributed by atoms with van der Waals surface area (Å²) in [5, 5.41) is 1.12. The predicted octanol–water partition coefficient (Wildman–Crippen LogP) is 3.40. The molecule has 0 bridgehead atoms. The Kier molecular flexibility index (Phi) is 2.68. The molecule has 0 saturated carbocycles. The van der Waals surface area contributed by atoms with E-state index in [1.54, 1.807) is 0 Å². The Balaban J connectivity index is 2.52. The van der Waals surface area contributed by atoms with E-state index in [1.807, 2.05) is 37.3 Å². The number of aromatic nitrogens is 1. The first-order valence-corrected chi connectivity index (χ1v) is 5.28. The molecule has 14 heavy (non-hydrogen) atoms. The number of fused-ring (bicyclic) bond motifs is 1. The summed E-state index contributed by atoms with van der Waals surface area (Å²) in [5.41, 5.74) is 0.949. The van der Waals surface area contributed by atoms with Crippen LogP contribution in [0, 0.1) is 0 Å². The summed E-state index contributed by atoms with van der Waals surface area (Å²) >= 11 is 3.34. The molecule has 0 N–H and O–H groups in total. The molecule has 0 aliphatic rings. The zero-order valence-corrected chi connectivity index (χ0v) is 9.41. The van der Waals surface area contributed by atoms with Gasteiger partial charge in [-0.1, -0.05) is 6.07 Å². The minimum atomic E-state index is 0.680. The standard InChI is InChI=1S/C11H10BrNO/c1-2-14-9-5-3-8-4-6-11(12)13-10(8)7-9/h3-7H,2H2,1H3. The zero-order valence-electron chi connectivity index (χ0n) is 7.83. The van der Waals surface area contributed by atoms with E-state index in [1.165, 1.54) is 0 Å². The van der Waals surface area contributed by atoms with Crippen molar-refractivity contribution in [3.63, 3.8) is 0 Å². The normalized spacial score (nSPS) is 10.4. The predicted molar refractivity (Wildman–Crippen MR) is 60.6 cm³/mol. The number of rotatable bonds is 2. The van der Waals surface area contributed by atoms with Crippen LogP contribution < -0.4 is 4.74 Å². The Hall–Kier alpha value is -1.09. The highest BCUT2D eigenvalue weighted by atomic mass is 79.9. The van der Waals surface area contributed by atoms with Gasteiger partial charge in [-0.25, -0.2) is 4.98 Å². The van der Waals surface area contributed by atoms with Crippen LogP contribution in [0.5, 0.6) is 5.75 Å². The number of pyridine rings is 1. The van der Waals surface area contributed by atoms with Crippen LogP contribution in [0.15, 0.2) is 34.9 Å². The summed E-state index contributed by atoms with van der Waals surface area (Å²) in [6.45, 7) is 2.65. The lowest BCUT2D eigenvalue weighted by molar-refractivity contribution is 0.340. The van der Waals surface area contributed by atoms with Crippen LogP contribution in [0.3, 0.4) is 0 Å². The van der Waals surface area contributed by atoms with Crippen molar-refractivity contribution >= 4 is 26.8 Å². The van der Waals surface area contributed by atoms with Gasteiger partial charge in [-0.05, 0) is 41.1 Å². The molecule has 0 aliphatic heterocycles. The summed E-state index contributed by atoms with van der Waals surface area (Å²) in [6.07, 6.45) is 0. The summed E-state index contributed by atoms with van der Waals surface area (Å²) in [6, 6.07) is 9.88. The molecule has 2 nitrogen and oxygen atoms in total. The second-order valence-electron chi connectivity index (χ2n) is 2.92. The SMILES string of the molecule is CCOc1ccc2ccc(Br)nc2c1. The first-order valence-electron chi connectivity index (χ1n) is 4.48. The molecule has 0 spiro atoms. The van der Waals surface area contributed by atoms with Gasteiger partial charge >= 0.3 is 0 Å². The number of nitrogens with zero attached hydrogens (tertiary/aromatic N) is 1. The second kappa shape index (κ2) is 3.96. The lowest BCUT2D eigenvalue weighted by Gasteiger charge is -2.03. The Morgan fingerprint density at radius 1 is 1.29 bits per heavy atom. The molecule has 0 amide bonds. The van der Waals surface area contributed by atoms with Crippen LogP contribution >= 0.6 is 15.9 Å². The van der Waals surface area contributed by atoms with Gasteiger partial charge in [-0.3, -0.25) is 0 Å². The van der Waals surface area contributed by atoms with E-state index in [0.717, 1.165) is 21.3 Å². The van der Waals surface area contributed by atoms with E-state index in [2.05, 4.69) is 20.9 Å². The van der Waals surface area contributed by atoms with E-state index in [4.69, 9.17) is 4.74 Å². The van der Waals surface area contributed by atoms with E-state index in [9.17, 15) is 0 Å². The van der Waals surface area contributed by atoms with Crippen LogP contribution in [0.4, 0.5) is 0 Å². The van der Waals surface area contributed by atoms with Crippen molar-refractivity contribution in [1.82, 2.24) is 4.98 Å². The molecule has 0 aliphatic carbocycles. The number of halogens is 1. The fourth-order valence-electron chi connectivity index (χ4n) is 1.33. The van der Waals surface area contributed by atoms with Crippen LogP contribution in [0.25, 0.3) is 10.9 Å². The summed E-state index contributed by atoms with van der Waals surface area (Å²) < 4.78 is 6.24. The van der Waals surface area contributed by atoms with Crippen LogP contribution in [0.2, 0.25) is 0 Å². The largest absolute Gasteiger partial charge is 0.494 e. The van der Waals surface area contributed by atoms with Crippen molar-refractivity contribution in [2.45, 2.75) is 6.92 Å². The Labute approximate surface area is 91.0 Å². The van der Waals surface area contributed by atoms with E-state index in [-0.39, 0.29) is 0 Å². The lowest BCUT2D eigenvalue weighted by Crippen LogP contribution is -1.91. The molecule has 1 aromatic heterocycles. The zero-order chi connectivity index (χ0) is 9.97. The molecule has 0 atom stereocenters. The monoisotopic (exact) mass is 251 g/mol. The van der Waals surface area contributed by atoms with Crippen molar-refractivity contribution in [1.29, 1.82) is 0 Å². The molecule has 1 heterocycles. The van der Waals surface area contributed by atoms with Crippen molar-refractivity contribution in [3.05, 3.63) is 34.9 Å². The molecule has 0 unspecified atom stereocenters. The maximum Gasteiger partial charge on any atom is 0.121 e. The van der Waals surface area contributed by atoms with Crippen LogP contribution in [0.1, 0.15) is 6.92 Å². The second-order valence-corrected chi connectivity index (χ2v) is 3.73. The molecule has 72 valence electrons. The molecule has 3 heteroatoms. The third kappa shape index (κ3) is 1.87. The number of benzene rings is 1. The maximum absolute atomic E-state index is 5.40. The fourth-order valence-corrected chi connectivity index (χ4v) is 1.65. The molecular weight excluding hydrogens is 242 g/mol. The van der Waals surface area contributed by atoms with Gasteiger partial charge in [0, 0.05) is 11.5 Å². The first-order chi connectivity index (χ1) is 6.79. The highest BCUT2D eigenvalue weighted by Gasteiger charge is 1.98. The van der Waals surface area contributed by atoms with Gasteiger partial charge in [0.15, 0.2) is 0 Å². The number of hydrogen-bond acceptors (Lipinski definition) is 2. The van der Waals surface area contributed by atoms with Gasteiger partial charge in [0.2, 0.25) is 0 Å². The lowest BCUT2D eigenvalue weighted by atomic mass is 10.2. The molecule has 1 aromatic carbocycles. The van der Waals surface area contributed by atoms with Crippen molar-refractivity contribution in [2.24, 2.45) is 0 Å². The molecular formula is C11H10BrNO. The smallest absolute Gasteiger partial charge is 0.121 e. The Bertz CT molecular complexity index is 456. The molecule has 0 fully saturated rings. The van der Waals surface area contributed by atoms with Gasteiger partial charge in [-0.2, -0.15) is 0 Å². The highest BCUT2D eigenvalue weighted by Crippen LogP contribution is 2.21.